The number of nitrogens with one attached hydrogen (secondary N) is 3. The van der Waals surface area contributed by atoms with Gasteiger partial charge in [-0.2, -0.15) is 0 Å². The van der Waals surface area contributed by atoms with Crippen molar-refractivity contribution in [1.82, 2.24) is 15.6 Å². The minimum atomic E-state index is -0.615. The van der Waals surface area contributed by atoms with E-state index in [9.17, 15) is 8.78 Å². The summed E-state index contributed by atoms with van der Waals surface area (Å²) in [7, 11) is 1.62. The van der Waals surface area contributed by atoms with Gasteiger partial charge in [-0.25, -0.2) is 13.8 Å². The van der Waals surface area contributed by atoms with Gasteiger partial charge in [-0.05, 0) is 48.9 Å². The number of anilines is 1. The van der Waals surface area contributed by atoms with Crippen molar-refractivity contribution in [3.63, 3.8) is 0 Å². The molecule has 0 amide bonds. The van der Waals surface area contributed by atoms with Crippen LogP contribution in [0.5, 0.6) is 11.5 Å². The predicted molar refractivity (Wildman–Crippen MR) is 133 cm³/mol. The van der Waals surface area contributed by atoms with Gasteiger partial charge >= 0.3 is 0 Å². The van der Waals surface area contributed by atoms with Crippen LogP contribution in [0.3, 0.4) is 0 Å². The molecule has 0 saturated heterocycles. The van der Waals surface area contributed by atoms with Crippen LogP contribution in [-0.2, 0) is 11.3 Å². The third-order valence-electron chi connectivity index (χ3n) is 5.36. The largest absolute Gasteiger partial charge is 0.457 e. The Balaban J connectivity index is 1.44. The summed E-state index contributed by atoms with van der Waals surface area (Å²) in [6.45, 7) is 6.24. The number of allylic oxidation sites excluding steroid dienone is 2. The molecule has 180 valence electrons. The molecule has 0 spiro atoms. The van der Waals surface area contributed by atoms with Crippen LogP contribution in [0.2, 0.25) is 0 Å². The Hall–Kier alpha value is -4.17. The van der Waals surface area contributed by atoms with E-state index in [4.69, 9.17) is 9.47 Å². The Bertz CT molecular complexity index is 1270. The SMILES string of the molecule is C=C(NCc1cc(F)cc(F)c1)c1cccc(Oc2ccnc(NC3=CC=CC(OC)N3)c2)c1C. The minimum Gasteiger partial charge on any atom is -0.457 e. The first-order valence-corrected chi connectivity index (χ1v) is 11.0. The molecule has 0 fully saturated rings. The van der Waals surface area contributed by atoms with E-state index < -0.39 is 11.6 Å². The van der Waals surface area contributed by atoms with Crippen molar-refractivity contribution < 1.29 is 18.3 Å². The average Bonchev–Trinajstić information content (AvgIpc) is 2.84. The van der Waals surface area contributed by atoms with Crippen LogP contribution in [-0.4, -0.2) is 18.3 Å². The molecular weight excluding hydrogens is 450 g/mol. The zero-order valence-corrected chi connectivity index (χ0v) is 19.4. The van der Waals surface area contributed by atoms with E-state index in [-0.39, 0.29) is 12.8 Å². The molecule has 2 aromatic carbocycles. The molecule has 3 N–H and O–H groups in total. The Labute approximate surface area is 203 Å². The highest BCUT2D eigenvalue weighted by Gasteiger charge is 2.12. The van der Waals surface area contributed by atoms with Gasteiger partial charge in [0.05, 0.1) is 0 Å². The van der Waals surface area contributed by atoms with Crippen LogP contribution < -0.4 is 20.7 Å². The maximum Gasteiger partial charge on any atom is 0.147 e. The van der Waals surface area contributed by atoms with E-state index in [1.54, 1.807) is 25.4 Å². The van der Waals surface area contributed by atoms with Crippen molar-refractivity contribution in [1.29, 1.82) is 0 Å². The Kier molecular flexibility index (Phi) is 7.42. The van der Waals surface area contributed by atoms with Crippen molar-refractivity contribution in [2.45, 2.75) is 19.7 Å². The van der Waals surface area contributed by atoms with E-state index in [2.05, 4.69) is 27.5 Å². The molecular formula is C27H26F2N4O2. The molecule has 35 heavy (non-hydrogen) atoms. The first-order valence-electron chi connectivity index (χ1n) is 11.0. The molecule has 0 bridgehead atoms. The van der Waals surface area contributed by atoms with Crippen LogP contribution in [0.1, 0.15) is 16.7 Å². The number of pyridine rings is 1. The molecule has 1 atom stereocenters. The number of nitrogens with zero attached hydrogens (tertiary/aromatic N) is 1. The van der Waals surface area contributed by atoms with Gasteiger partial charge in [0.25, 0.3) is 0 Å². The van der Waals surface area contributed by atoms with E-state index in [0.29, 0.717) is 28.6 Å². The normalized spacial score (nSPS) is 14.6. The summed E-state index contributed by atoms with van der Waals surface area (Å²) >= 11 is 0. The van der Waals surface area contributed by atoms with Crippen LogP contribution in [0.15, 0.2) is 85.4 Å². The topological polar surface area (TPSA) is 67.4 Å². The lowest BCUT2D eigenvalue weighted by Crippen LogP contribution is -2.33. The van der Waals surface area contributed by atoms with E-state index in [0.717, 1.165) is 23.0 Å². The van der Waals surface area contributed by atoms with Crippen molar-refractivity contribution >= 4 is 11.5 Å². The summed E-state index contributed by atoms with van der Waals surface area (Å²) in [5.41, 5.74) is 2.80. The van der Waals surface area contributed by atoms with E-state index in [1.165, 1.54) is 12.1 Å². The van der Waals surface area contributed by atoms with Gasteiger partial charge in [-0.15, -0.1) is 0 Å². The second-order valence-electron chi connectivity index (χ2n) is 7.91. The molecule has 1 unspecified atom stereocenters. The second kappa shape index (κ2) is 10.8. The lowest BCUT2D eigenvalue weighted by Gasteiger charge is -2.21. The lowest BCUT2D eigenvalue weighted by molar-refractivity contribution is 0.121. The molecule has 4 rings (SSSR count). The third kappa shape index (κ3) is 6.24. The smallest absolute Gasteiger partial charge is 0.147 e. The molecule has 0 radical (unpaired) electrons. The van der Waals surface area contributed by atoms with Crippen molar-refractivity contribution in [3.8, 4) is 11.5 Å². The molecule has 0 saturated carbocycles. The highest BCUT2D eigenvalue weighted by Crippen LogP contribution is 2.30. The van der Waals surface area contributed by atoms with Crippen LogP contribution in [0.4, 0.5) is 14.6 Å². The van der Waals surface area contributed by atoms with Gasteiger partial charge in [0.15, 0.2) is 0 Å². The fourth-order valence-electron chi connectivity index (χ4n) is 3.59. The summed E-state index contributed by atoms with van der Waals surface area (Å²) in [5, 5.41) is 9.52. The number of hydrogen-bond acceptors (Lipinski definition) is 6. The van der Waals surface area contributed by atoms with E-state index >= 15 is 0 Å². The Morgan fingerprint density at radius 1 is 1.14 bits per heavy atom. The third-order valence-corrected chi connectivity index (χ3v) is 5.36. The number of ether oxygens (including phenoxy) is 2. The first-order chi connectivity index (χ1) is 16.9. The summed E-state index contributed by atoms with van der Waals surface area (Å²) in [5.74, 6) is 1.38. The van der Waals surface area contributed by atoms with Gasteiger partial charge in [-0.3, -0.25) is 0 Å². The van der Waals surface area contributed by atoms with E-state index in [1.807, 2.05) is 43.4 Å². The fraction of sp³-hybridized carbons (Fsp3) is 0.148. The molecule has 1 aliphatic heterocycles. The second-order valence-corrected chi connectivity index (χ2v) is 7.91. The Morgan fingerprint density at radius 3 is 2.71 bits per heavy atom. The van der Waals surface area contributed by atoms with Crippen molar-refractivity contribution in [2.75, 3.05) is 12.4 Å². The van der Waals surface area contributed by atoms with Gasteiger partial charge in [0.1, 0.15) is 41.0 Å². The molecule has 0 aliphatic carbocycles. The maximum atomic E-state index is 13.5. The average molecular weight is 477 g/mol. The van der Waals surface area contributed by atoms with Gasteiger partial charge < -0.3 is 25.4 Å². The summed E-state index contributed by atoms with van der Waals surface area (Å²) in [6.07, 6.45) is 7.12. The van der Waals surface area contributed by atoms with Gasteiger partial charge in [0.2, 0.25) is 0 Å². The van der Waals surface area contributed by atoms with Gasteiger partial charge in [0, 0.05) is 48.8 Å². The molecule has 1 aliphatic rings. The van der Waals surface area contributed by atoms with Gasteiger partial charge in [-0.1, -0.05) is 24.8 Å². The fourth-order valence-corrected chi connectivity index (χ4v) is 3.59. The number of halogens is 2. The van der Waals surface area contributed by atoms with Crippen molar-refractivity contribution in [2.24, 2.45) is 0 Å². The van der Waals surface area contributed by atoms with Crippen LogP contribution in [0.25, 0.3) is 5.70 Å². The zero-order valence-electron chi connectivity index (χ0n) is 19.4. The molecule has 8 heteroatoms. The van der Waals surface area contributed by atoms with Crippen LogP contribution >= 0.6 is 0 Å². The quantitative estimate of drug-likeness (QED) is 0.373. The first kappa shape index (κ1) is 24.0. The molecule has 1 aromatic heterocycles. The molecule has 6 nitrogen and oxygen atoms in total. The Morgan fingerprint density at radius 2 is 1.94 bits per heavy atom. The number of dihydropyridines is 1. The van der Waals surface area contributed by atoms with Crippen LogP contribution in [0, 0.1) is 18.6 Å². The molecule has 3 aromatic rings. The number of hydrogen-bond donors (Lipinski definition) is 3. The number of benzene rings is 2. The standard InChI is InChI=1S/C27H26F2N4O2/c1-17-23(18(2)31-16-19-12-20(28)14-21(29)13-19)6-4-7-24(17)35-22-10-11-30-26(15-22)32-25-8-5-9-27(33-25)34-3/h4-15,27,31,33H,2,16H2,1,3H3,(H,30,32). The zero-order chi connectivity index (χ0) is 24.8. The highest BCUT2D eigenvalue weighted by atomic mass is 19.1. The monoisotopic (exact) mass is 476 g/mol. The highest BCUT2D eigenvalue weighted by molar-refractivity contribution is 5.67. The lowest BCUT2D eigenvalue weighted by atomic mass is 10.0. The van der Waals surface area contributed by atoms with Crippen molar-refractivity contribution in [3.05, 3.63) is 114 Å². The predicted octanol–water partition coefficient (Wildman–Crippen LogP) is 5.61. The molecule has 2 heterocycles. The minimum absolute atomic E-state index is 0.214. The number of methoxy groups -OCH3 is 1. The number of aromatic nitrogens is 1. The maximum absolute atomic E-state index is 13.5. The summed E-state index contributed by atoms with van der Waals surface area (Å²) in [4.78, 5) is 4.35. The summed E-state index contributed by atoms with van der Waals surface area (Å²) < 4.78 is 38.4. The summed E-state index contributed by atoms with van der Waals surface area (Å²) in [6, 6.07) is 12.6. The number of rotatable bonds is 9.